The summed E-state index contributed by atoms with van der Waals surface area (Å²) in [7, 11) is -3.42. The van der Waals surface area contributed by atoms with E-state index < -0.39 is 38.0 Å². The molecule has 2 unspecified atom stereocenters. The monoisotopic (exact) mass is 524 g/mol. The molecule has 0 bridgehead atoms. The van der Waals surface area contributed by atoms with Crippen molar-refractivity contribution < 1.29 is 28.5 Å². The van der Waals surface area contributed by atoms with Crippen molar-refractivity contribution in [3.05, 3.63) is 47.5 Å². The maximum absolute atomic E-state index is 12.9. The van der Waals surface area contributed by atoms with Gasteiger partial charge in [0.25, 0.3) is 7.52 Å². The van der Waals surface area contributed by atoms with E-state index in [4.69, 9.17) is 31.3 Å². The molecule has 1 aromatic carbocycles. The number of anilines is 1. The third-order valence-electron chi connectivity index (χ3n) is 5.43. The number of ether oxygens (including phenoxy) is 2. The van der Waals surface area contributed by atoms with Crippen molar-refractivity contribution in [3.63, 3.8) is 0 Å². The van der Waals surface area contributed by atoms with Gasteiger partial charge in [-0.1, -0.05) is 30.3 Å². The number of nitrogens with one attached hydrogen (secondary N) is 1. The zero-order valence-electron chi connectivity index (χ0n) is 19.1. The van der Waals surface area contributed by atoms with Gasteiger partial charge in [0, 0.05) is 13.1 Å². The number of esters is 1. The lowest BCUT2D eigenvalue weighted by molar-refractivity contribution is -0.146. The molecule has 3 heterocycles. The molecule has 1 aliphatic heterocycles. The van der Waals surface area contributed by atoms with Crippen molar-refractivity contribution in [3.8, 4) is 0 Å². The van der Waals surface area contributed by atoms with E-state index in [-0.39, 0.29) is 30.7 Å². The number of hydrogen-bond donors (Lipinski definition) is 3. The van der Waals surface area contributed by atoms with E-state index in [0.29, 0.717) is 11.2 Å². The Balaban J connectivity index is 1.31. The topological polar surface area (TPSA) is 164 Å². The molecule has 0 saturated carbocycles. The molecule has 3 aromatic rings. The third-order valence-corrected chi connectivity index (χ3v) is 7.09. The fourth-order valence-corrected chi connectivity index (χ4v) is 5.15. The molecular formula is C21H26ClN6O6P. The van der Waals surface area contributed by atoms with Gasteiger partial charge < -0.3 is 24.8 Å². The number of aliphatic hydroxyl groups is 1. The number of aromatic nitrogens is 4. The molecule has 4 rings (SSSR count). The Kier molecular flexibility index (Phi) is 7.70. The molecule has 4 N–H and O–H groups in total. The number of nitrogen functional groups attached to an aromatic ring is 1. The number of carbonyl (C=O) groups excluding carboxylic acids is 1. The molecule has 188 valence electrons. The van der Waals surface area contributed by atoms with Crippen molar-refractivity contribution in [1.82, 2.24) is 24.6 Å². The summed E-state index contributed by atoms with van der Waals surface area (Å²) >= 11 is 5.91. The molecular weight excluding hydrogens is 499 g/mol. The Morgan fingerprint density at radius 3 is 2.89 bits per heavy atom. The molecule has 0 amide bonds. The Bertz CT molecular complexity index is 1240. The number of aliphatic hydroxyl groups excluding tert-OH is 1. The van der Waals surface area contributed by atoms with E-state index in [1.807, 2.05) is 30.3 Å². The number of fused-ring (bicyclic) bond motifs is 1. The van der Waals surface area contributed by atoms with Crippen LogP contribution in [0.25, 0.3) is 11.2 Å². The largest absolute Gasteiger partial charge is 0.460 e. The average molecular weight is 525 g/mol. The highest BCUT2D eigenvalue weighted by Gasteiger charge is 2.37. The summed E-state index contributed by atoms with van der Waals surface area (Å²) in [4.78, 5) is 24.5. The van der Waals surface area contributed by atoms with Crippen LogP contribution in [0.2, 0.25) is 5.28 Å². The molecule has 2 aromatic heterocycles. The van der Waals surface area contributed by atoms with Crippen LogP contribution in [0.1, 0.15) is 25.1 Å². The summed E-state index contributed by atoms with van der Waals surface area (Å²) < 4.78 is 31.2. The predicted molar refractivity (Wildman–Crippen MR) is 128 cm³/mol. The fraction of sp³-hybridized carbons (Fsp3) is 0.429. The van der Waals surface area contributed by atoms with E-state index in [2.05, 4.69) is 20.0 Å². The zero-order valence-corrected chi connectivity index (χ0v) is 20.7. The molecule has 1 aliphatic rings. The summed E-state index contributed by atoms with van der Waals surface area (Å²) in [6.07, 6.45) is -0.611. The molecule has 0 radical (unpaired) electrons. The molecule has 14 heteroatoms. The van der Waals surface area contributed by atoms with Gasteiger partial charge in [0.15, 0.2) is 11.5 Å². The number of halogens is 1. The second-order valence-corrected chi connectivity index (χ2v) is 10.8. The highest BCUT2D eigenvalue weighted by molar-refractivity contribution is 7.56. The zero-order chi connectivity index (χ0) is 25.2. The number of benzene rings is 1. The summed E-state index contributed by atoms with van der Waals surface area (Å²) in [5.41, 5.74) is 7.41. The predicted octanol–water partition coefficient (Wildman–Crippen LogP) is 2.27. The van der Waals surface area contributed by atoms with Crippen LogP contribution in [-0.4, -0.2) is 62.1 Å². The molecule has 5 atom stereocenters. The van der Waals surface area contributed by atoms with Gasteiger partial charge in [-0.05, 0) is 24.1 Å². The summed E-state index contributed by atoms with van der Waals surface area (Å²) in [6.45, 7) is 2.81. The van der Waals surface area contributed by atoms with Gasteiger partial charge in [-0.25, -0.2) is 10.1 Å². The van der Waals surface area contributed by atoms with Gasteiger partial charge in [-0.3, -0.25) is 13.9 Å². The van der Waals surface area contributed by atoms with E-state index in [9.17, 15) is 14.5 Å². The minimum Gasteiger partial charge on any atom is -0.460 e. The van der Waals surface area contributed by atoms with Crippen molar-refractivity contribution in [1.29, 1.82) is 0 Å². The van der Waals surface area contributed by atoms with Crippen LogP contribution in [0.4, 0.5) is 5.82 Å². The average Bonchev–Trinajstić information content (AvgIpc) is 3.39. The number of nitrogens with two attached hydrogens (primary N) is 1. The van der Waals surface area contributed by atoms with Crippen molar-refractivity contribution in [2.45, 2.75) is 44.4 Å². The van der Waals surface area contributed by atoms with Crippen LogP contribution < -0.4 is 10.8 Å². The van der Waals surface area contributed by atoms with Crippen LogP contribution in [0, 0.1) is 0 Å². The highest BCUT2D eigenvalue weighted by atomic mass is 35.5. The maximum Gasteiger partial charge on any atom is 0.323 e. The lowest BCUT2D eigenvalue weighted by Gasteiger charge is -2.22. The number of nitrogens with zero attached hydrogens (tertiary/aromatic N) is 4. The molecule has 0 spiro atoms. The van der Waals surface area contributed by atoms with Gasteiger partial charge in [-0.15, -0.1) is 0 Å². The smallest absolute Gasteiger partial charge is 0.323 e. The quantitative estimate of drug-likeness (QED) is 0.213. The van der Waals surface area contributed by atoms with Gasteiger partial charge in [0.1, 0.15) is 30.5 Å². The summed E-state index contributed by atoms with van der Waals surface area (Å²) in [5, 5.41) is 13.1. The first kappa shape index (κ1) is 25.5. The van der Waals surface area contributed by atoms with Crippen LogP contribution in [-0.2, 0) is 30.0 Å². The first-order chi connectivity index (χ1) is 16.6. The van der Waals surface area contributed by atoms with Crippen LogP contribution >= 0.6 is 19.1 Å². The Morgan fingerprint density at radius 2 is 2.14 bits per heavy atom. The number of imidazole rings is 1. The maximum atomic E-state index is 12.9. The number of hydrogen-bond acceptors (Lipinski definition) is 10. The Labute approximate surface area is 206 Å². The number of carbonyl (C=O) groups is 1. The molecule has 1 saturated heterocycles. The standard InChI is InChI=1S/C21H26ClN6O6P/c1-12(20(30)32-9-13-6-4-3-5-7-13)27-35(2,31)33-10-15-14(29)8-16(34-15)28-11-24-17-18(23)25-21(22)26-19(17)28/h3-7,11-12,14-16,29H,8-10H2,1-2H3,(H,27,31)(H2,23,25,26)/t12-,14?,15+,16+,35?/m0/s1. The highest BCUT2D eigenvalue weighted by Crippen LogP contribution is 2.40. The third kappa shape index (κ3) is 6.16. The van der Waals surface area contributed by atoms with Crippen molar-refractivity contribution in [2.75, 3.05) is 19.0 Å². The van der Waals surface area contributed by atoms with Crippen molar-refractivity contribution >= 4 is 42.1 Å². The first-order valence-corrected chi connectivity index (χ1v) is 13.3. The minimum atomic E-state index is -3.42. The lowest BCUT2D eigenvalue weighted by Crippen LogP contribution is -2.34. The van der Waals surface area contributed by atoms with Crippen LogP contribution in [0.5, 0.6) is 0 Å². The molecule has 1 fully saturated rings. The molecule has 35 heavy (non-hydrogen) atoms. The fourth-order valence-electron chi connectivity index (χ4n) is 3.67. The second-order valence-electron chi connectivity index (χ2n) is 8.22. The summed E-state index contributed by atoms with van der Waals surface area (Å²) in [6, 6.07) is 8.35. The first-order valence-electron chi connectivity index (χ1n) is 10.8. The molecule has 12 nitrogen and oxygen atoms in total. The van der Waals surface area contributed by atoms with E-state index in [0.717, 1.165) is 5.56 Å². The minimum absolute atomic E-state index is 0.0374. The lowest BCUT2D eigenvalue weighted by atomic mass is 10.2. The van der Waals surface area contributed by atoms with Crippen LogP contribution in [0.3, 0.4) is 0 Å². The van der Waals surface area contributed by atoms with Gasteiger partial charge in [0.2, 0.25) is 5.28 Å². The van der Waals surface area contributed by atoms with Gasteiger partial charge >= 0.3 is 5.97 Å². The van der Waals surface area contributed by atoms with Gasteiger partial charge in [-0.2, -0.15) is 9.97 Å². The second kappa shape index (κ2) is 10.6. The SMILES string of the molecule is C[C@H](NP(C)(=O)OC[C@H]1O[C@@H](n2cnc3c(N)nc(Cl)nc32)CC1O)C(=O)OCc1ccccc1. The van der Waals surface area contributed by atoms with Gasteiger partial charge in [0.05, 0.1) is 19.0 Å². The molecule has 0 aliphatic carbocycles. The normalized spacial score (nSPS) is 22.7. The number of rotatable bonds is 9. The van der Waals surface area contributed by atoms with Crippen molar-refractivity contribution in [2.24, 2.45) is 0 Å². The van der Waals surface area contributed by atoms with E-state index in [1.165, 1.54) is 19.9 Å². The van der Waals surface area contributed by atoms with Crippen LogP contribution in [0.15, 0.2) is 36.7 Å². The van der Waals surface area contributed by atoms with E-state index >= 15 is 0 Å². The Morgan fingerprint density at radius 1 is 1.40 bits per heavy atom. The van der Waals surface area contributed by atoms with E-state index in [1.54, 1.807) is 4.57 Å². The Hall–Kier alpha value is -2.60. The summed E-state index contributed by atoms with van der Waals surface area (Å²) in [5.74, 6) is -0.435.